The van der Waals surface area contributed by atoms with Crippen molar-refractivity contribution in [1.82, 2.24) is 5.43 Å². The molecule has 3 N–H and O–H groups in total. The predicted molar refractivity (Wildman–Crippen MR) is 42.6 cm³/mol. The molecule has 0 aromatic carbocycles. The van der Waals surface area contributed by atoms with Crippen LogP contribution in [0.3, 0.4) is 0 Å². The predicted octanol–water partition coefficient (Wildman–Crippen LogP) is 0.524. The zero-order chi connectivity index (χ0) is 7.56. The van der Waals surface area contributed by atoms with E-state index in [1.54, 1.807) is 7.05 Å². The van der Waals surface area contributed by atoms with E-state index in [-0.39, 0.29) is 0 Å². The van der Waals surface area contributed by atoms with E-state index in [4.69, 9.17) is 5.84 Å². The third-order valence-corrected chi connectivity index (χ3v) is 2.15. The van der Waals surface area contributed by atoms with Gasteiger partial charge in [0.1, 0.15) is 5.84 Å². The fraction of sp³-hybridized carbons (Fsp3) is 0.857. The summed E-state index contributed by atoms with van der Waals surface area (Å²) in [7, 11) is 1.77. The van der Waals surface area contributed by atoms with Gasteiger partial charge in [0.05, 0.1) is 0 Å². The molecule has 0 heterocycles. The molecular formula is C7H15N3. The molecule has 0 saturated heterocycles. The van der Waals surface area contributed by atoms with E-state index in [0.29, 0.717) is 5.92 Å². The zero-order valence-electron chi connectivity index (χ0n) is 6.59. The highest BCUT2D eigenvalue weighted by molar-refractivity contribution is 5.84. The number of aliphatic imine (C=N–C) groups is 1. The van der Waals surface area contributed by atoms with Crippen LogP contribution >= 0.6 is 0 Å². The van der Waals surface area contributed by atoms with E-state index in [9.17, 15) is 0 Å². The summed E-state index contributed by atoms with van der Waals surface area (Å²) >= 11 is 0. The second-order valence-electron chi connectivity index (χ2n) is 2.88. The molecule has 0 aromatic rings. The average molecular weight is 141 g/mol. The molecule has 1 unspecified atom stereocenters. The molecule has 3 heteroatoms. The van der Waals surface area contributed by atoms with Gasteiger partial charge >= 0.3 is 0 Å². The van der Waals surface area contributed by atoms with Crippen LogP contribution in [0.2, 0.25) is 0 Å². The fourth-order valence-electron chi connectivity index (χ4n) is 1.22. The maximum Gasteiger partial charge on any atom is 0.113 e. The summed E-state index contributed by atoms with van der Waals surface area (Å²) < 4.78 is 0. The van der Waals surface area contributed by atoms with Crippen LogP contribution in [-0.4, -0.2) is 12.9 Å². The highest BCUT2D eigenvalue weighted by Crippen LogP contribution is 2.36. The van der Waals surface area contributed by atoms with E-state index in [2.05, 4.69) is 17.3 Å². The summed E-state index contributed by atoms with van der Waals surface area (Å²) in [6, 6.07) is 0. The van der Waals surface area contributed by atoms with E-state index in [1.807, 2.05) is 0 Å². The summed E-state index contributed by atoms with van der Waals surface area (Å²) in [4.78, 5) is 4.05. The Balaban J connectivity index is 2.43. The van der Waals surface area contributed by atoms with Gasteiger partial charge < -0.3 is 5.43 Å². The van der Waals surface area contributed by atoms with Crippen molar-refractivity contribution >= 4 is 5.84 Å². The molecule has 0 radical (unpaired) electrons. The van der Waals surface area contributed by atoms with Gasteiger partial charge in [-0.05, 0) is 18.8 Å². The minimum Gasteiger partial charge on any atom is -0.312 e. The van der Waals surface area contributed by atoms with Crippen molar-refractivity contribution in [1.29, 1.82) is 0 Å². The number of amidine groups is 1. The fourth-order valence-corrected chi connectivity index (χ4v) is 1.22. The Morgan fingerprint density at radius 2 is 2.30 bits per heavy atom. The van der Waals surface area contributed by atoms with Gasteiger partial charge in [-0.3, -0.25) is 4.99 Å². The Kier molecular flexibility index (Phi) is 2.27. The molecule has 1 saturated carbocycles. The average Bonchev–Trinajstić information content (AvgIpc) is 2.71. The first kappa shape index (κ1) is 7.54. The number of nitrogens with two attached hydrogens (primary N) is 1. The van der Waals surface area contributed by atoms with Crippen molar-refractivity contribution in [3.8, 4) is 0 Å². The molecule has 0 bridgehead atoms. The van der Waals surface area contributed by atoms with E-state index >= 15 is 0 Å². The van der Waals surface area contributed by atoms with Gasteiger partial charge in [-0.1, -0.05) is 6.92 Å². The van der Waals surface area contributed by atoms with Gasteiger partial charge in [0.15, 0.2) is 0 Å². The highest BCUT2D eigenvalue weighted by Gasteiger charge is 2.30. The van der Waals surface area contributed by atoms with Gasteiger partial charge in [0, 0.05) is 13.0 Å². The molecule has 0 amide bonds. The summed E-state index contributed by atoms with van der Waals surface area (Å²) in [5, 5.41) is 0. The lowest BCUT2D eigenvalue weighted by Gasteiger charge is -2.11. The monoisotopic (exact) mass is 141 g/mol. The molecule has 1 atom stereocenters. The first-order valence-electron chi connectivity index (χ1n) is 3.73. The second-order valence-corrected chi connectivity index (χ2v) is 2.88. The molecule has 1 fully saturated rings. The van der Waals surface area contributed by atoms with Crippen molar-refractivity contribution in [2.45, 2.75) is 19.8 Å². The summed E-state index contributed by atoms with van der Waals surface area (Å²) in [6.07, 6.45) is 2.67. The van der Waals surface area contributed by atoms with Gasteiger partial charge in [0.2, 0.25) is 0 Å². The molecule has 0 spiro atoms. The van der Waals surface area contributed by atoms with Crippen LogP contribution in [0.4, 0.5) is 0 Å². The maximum absolute atomic E-state index is 5.27. The van der Waals surface area contributed by atoms with Crippen LogP contribution < -0.4 is 11.3 Å². The lowest BCUT2D eigenvalue weighted by atomic mass is 10.1. The Hall–Kier alpha value is -0.570. The Morgan fingerprint density at radius 1 is 1.70 bits per heavy atom. The zero-order valence-corrected chi connectivity index (χ0v) is 6.59. The van der Waals surface area contributed by atoms with Crippen molar-refractivity contribution < 1.29 is 0 Å². The summed E-state index contributed by atoms with van der Waals surface area (Å²) in [5.74, 6) is 7.55. The van der Waals surface area contributed by atoms with Crippen molar-refractivity contribution in [3.63, 3.8) is 0 Å². The Labute approximate surface area is 61.7 Å². The van der Waals surface area contributed by atoms with Crippen molar-refractivity contribution in [2.24, 2.45) is 22.7 Å². The molecule has 58 valence electrons. The SMILES string of the molecule is CN=C(NN)C(C)C1CC1. The maximum atomic E-state index is 5.27. The van der Waals surface area contributed by atoms with Crippen molar-refractivity contribution in [3.05, 3.63) is 0 Å². The lowest BCUT2D eigenvalue weighted by molar-refractivity contribution is 0.640. The summed E-state index contributed by atoms with van der Waals surface area (Å²) in [5.41, 5.74) is 2.62. The number of hydrogen-bond acceptors (Lipinski definition) is 2. The number of nitrogens with zero attached hydrogens (tertiary/aromatic N) is 1. The molecule has 1 aliphatic carbocycles. The Bertz CT molecular complexity index is 138. The molecular weight excluding hydrogens is 126 g/mol. The quantitative estimate of drug-likeness (QED) is 0.255. The van der Waals surface area contributed by atoms with Gasteiger partial charge in [-0.2, -0.15) is 0 Å². The van der Waals surface area contributed by atoms with Crippen LogP contribution in [0.5, 0.6) is 0 Å². The topological polar surface area (TPSA) is 50.4 Å². The van der Waals surface area contributed by atoms with Gasteiger partial charge in [-0.25, -0.2) is 5.84 Å². The van der Waals surface area contributed by atoms with E-state index < -0.39 is 0 Å². The molecule has 0 aromatic heterocycles. The number of hydrazine groups is 1. The number of hydrogen-bond donors (Lipinski definition) is 2. The van der Waals surface area contributed by atoms with Gasteiger partial charge in [0.25, 0.3) is 0 Å². The minimum absolute atomic E-state index is 0.523. The second kappa shape index (κ2) is 3.01. The first-order valence-corrected chi connectivity index (χ1v) is 3.73. The van der Waals surface area contributed by atoms with Crippen molar-refractivity contribution in [2.75, 3.05) is 7.05 Å². The molecule has 3 nitrogen and oxygen atoms in total. The standard InChI is InChI=1S/C7H15N3/c1-5(6-3-4-6)7(9-2)10-8/h5-6H,3-4,8H2,1-2H3,(H,9,10). The van der Waals surface area contributed by atoms with Crippen LogP contribution in [-0.2, 0) is 0 Å². The molecule has 10 heavy (non-hydrogen) atoms. The van der Waals surface area contributed by atoms with E-state index in [1.165, 1.54) is 12.8 Å². The van der Waals surface area contributed by atoms with Crippen LogP contribution in [0.1, 0.15) is 19.8 Å². The summed E-state index contributed by atoms with van der Waals surface area (Å²) in [6.45, 7) is 2.17. The van der Waals surface area contributed by atoms with Gasteiger partial charge in [-0.15, -0.1) is 0 Å². The largest absolute Gasteiger partial charge is 0.312 e. The lowest BCUT2D eigenvalue weighted by Crippen LogP contribution is -2.35. The number of rotatable bonds is 2. The van der Waals surface area contributed by atoms with E-state index in [0.717, 1.165) is 11.8 Å². The molecule has 1 rings (SSSR count). The third-order valence-electron chi connectivity index (χ3n) is 2.15. The van der Waals surface area contributed by atoms with Crippen LogP contribution in [0.25, 0.3) is 0 Å². The first-order chi connectivity index (χ1) is 4.79. The third kappa shape index (κ3) is 1.48. The normalized spacial score (nSPS) is 22.5. The molecule has 0 aliphatic heterocycles. The highest BCUT2D eigenvalue weighted by atomic mass is 15.2. The molecule has 1 aliphatic rings. The smallest absolute Gasteiger partial charge is 0.113 e. The van der Waals surface area contributed by atoms with Crippen LogP contribution in [0, 0.1) is 11.8 Å². The minimum atomic E-state index is 0.523. The van der Waals surface area contributed by atoms with Crippen LogP contribution in [0.15, 0.2) is 4.99 Å². The Morgan fingerprint density at radius 3 is 2.60 bits per heavy atom. The number of nitrogens with one attached hydrogen (secondary N) is 1.